The number of allylic oxidation sites excluding steroid dienone is 2. The Morgan fingerprint density at radius 2 is 2.12 bits per heavy atom. The zero-order valence-electron chi connectivity index (χ0n) is 18.5. The van der Waals surface area contributed by atoms with Crippen molar-refractivity contribution in [2.75, 3.05) is 12.4 Å². The van der Waals surface area contributed by atoms with Gasteiger partial charge in [0, 0.05) is 17.2 Å². The number of aromatic nitrogens is 2. The minimum atomic E-state index is -3.54. The van der Waals surface area contributed by atoms with Crippen LogP contribution in [0.1, 0.15) is 48.9 Å². The molecule has 10 heteroatoms. The number of nitrogens with zero attached hydrogens (tertiary/aromatic N) is 3. The number of benzene rings is 1. The second-order valence-corrected chi connectivity index (χ2v) is 11.2. The summed E-state index contributed by atoms with van der Waals surface area (Å²) >= 11 is 1.45. The lowest BCUT2D eigenvalue weighted by Gasteiger charge is -2.21. The van der Waals surface area contributed by atoms with Gasteiger partial charge in [-0.3, -0.25) is 0 Å². The third kappa shape index (κ3) is 5.23. The molecule has 2 aromatic rings. The number of nitrogens with one attached hydrogen (secondary N) is 1. The van der Waals surface area contributed by atoms with E-state index in [1.807, 2.05) is 44.2 Å². The largest absolute Gasteiger partial charge is 0.395 e. The fourth-order valence-corrected chi connectivity index (χ4v) is 6.16. The van der Waals surface area contributed by atoms with Gasteiger partial charge in [-0.05, 0) is 50.3 Å². The fraction of sp³-hybridized carbons (Fsp3) is 0.435. The summed E-state index contributed by atoms with van der Waals surface area (Å²) in [5, 5.41) is 28.8. The van der Waals surface area contributed by atoms with Crippen LogP contribution in [0.15, 0.2) is 35.9 Å². The summed E-state index contributed by atoms with van der Waals surface area (Å²) in [6.07, 6.45) is 5.63. The van der Waals surface area contributed by atoms with E-state index in [1.54, 1.807) is 0 Å². The van der Waals surface area contributed by atoms with E-state index < -0.39 is 16.6 Å². The maximum Gasteiger partial charge on any atom is 0.214 e. The van der Waals surface area contributed by atoms with E-state index in [9.17, 15) is 13.7 Å². The van der Waals surface area contributed by atoms with Crippen LogP contribution in [0.4, 0.5) is 0 Å². The van der Waals surface area contributed by atoms with Crippen molar-refractivity contribution >= 4 is 26.9 Å². The first-order chi connectivity index (χ1) is 15.8. The van der Waals surface area contributed by atoms with Crippen molar-refractivity contribution in [1.29, 1.82) is 5.26 Å². The van der Waals surface area contributed by atoms with Crippen LogP contribution in [-0.4, -0.2) is 48.3 Å². The molecule has 0 aliphatic heterocycles. The third-order valence-corrected chi connectivity index (χ3v) is 8.00. The number of ether oxygens (including phenoxy) is 1. The average Bonchev–Trinajstić information content (AvgIpc) is 3.41. The summed E-state index contributed by atoms with van der Waals surface area (Å²) in [4.78, 5) is 0. The molecular formula is C23H26N4O4S2. The molecule has 33 heavy (non-hydrogen) atoms. The lowest BCUT2D eigenvalue weighted by Crippen LogP contribution is -2.30. The van der Waals surface area contributed by atoms with Crippen LogP contribution in [0.5, 0.6) is 0 Å². The van der Waals surface area contributed by atoms with Gasteiger partial charge in [0.1, 0.15) is 10.0 Å². The van der Waals surface area contributed by atoms with Gasteiger partial charge in [-0.1, -0.05) is 35.6 Å². The smallest absolute Gasteiger partial charge is 0.214 e. The topological polar surface area (TPSA) is 125 Å². The number of fused-ring (bicyclic) bond motifs is 1. The molecule has 0 radical (unpaired) electrons. The molecule has 8 nitrogen and oxygen atoms in total. The summed E-state index contributed by atoms with van der Waals surface area (Å²) in [5.41, 5.74) is 4.39. The molecule has 0 spiro atoms. The molecule has 174 valence electrons. The minimum Gasteiger partial charge on any atom is -0.395 e. The Kier molecular flexibility index (Phi) is 7.07. The maximum atomic E-state index is 12.1. The van der Waals surface area contributed by atoms with Crippen molar-refractivity contribution in [3.05, 3.63) is 52.1 Å². The van der Waals surface area contributed by atoms with Crippen LogP contribution < -0.4 is 4.72 Å². The number of hydrogen-bond acceptors (Lipinski definition) is 8. The predicted molar refractivity (Wildman–Crippen MR) is 127 cm³/mol. The number of hydrogen-bond donors (Lipinski definition) is 2. The first-order valence-electron chi connectivity index (χ1n) is 10.9. The Morgan fingerprint density at radius 1 is 1.33 bits per heavy atom. The SMILES string of the molecule is CC(C)OC1CC=C(c2nnc(-c3cccc4c3CC[C@@H]4NS(=O)(=O)CCO)s2)C=C1C#N. The molecule has 1 aromatic heterocycles. The van der Waals surface area contributed by atoms with Crippen LogP contribution >= 0.6 is 11.3 Å². The second-order valence-electron chi connectivity index (χ2n) is 8.32. The first kappa shape index (κ1) is 23.7. The quantitative estimate of drug-likeness (QED) is 0.587. The Bertz CT molecular complexity index is 1240. The fourth-order valence-electron chi connectivity index (χ4n) is 4.21. The van der Waals surface area contributed by atoms with Gasteiger partial charge in [-0.25, -0.2) is 13.1 Å². The highest BCUT2D eigenvalue weighted by atomic mass is 32.2. The van der Waals surface area contributed by atoms with Crippen molar-refractivity contribution < 1.29 is 18.3 Å². The van der Waals surface area contributed by atoms with Crippen LogP contribution in [0, 0.1) is 11.3 Å². The van der Waals surface area contributed by atoms with Gasteiger partial charge in [-0.2, -0.15) is 5.26 Å². The summed E-state index contributed by atoms with van der Waals surface area (Å²) < 4.78 is 32.8. The highest BCUT2D eigenvalue weighted by molar-refractivity contribution is 7.89. The van der Waals surface area contributed by atoms with Crippen LogP contribution in [0.3, 0.4) is 0 Å². The molecule has 0 amide bonds. The zero-order chi connectivity index (χ0) is 23.6. The van der Waals surface area contributed by atoms with E-state index in [0.717, 1.165) is 38.7 Å². The van der Waals surface area contributed by atoms with Gasteiger partial charge in [0.25, 0.3) is 0 Å². The highest BCUT2D eigenvalue weighted by Crippen LogP contribution is 2.40. The molecule has 0 bridgehead atoms. The first-order valence-corrected chi connectivity index (χ1v) is 13.3. The number of aliphatic hydroxyl groups is 1. The van der Waals surface area contributed by atoms with E-state index in [0.29, 0.717) is 18.4 Å². The summed E-state index contributed by atoms with van der Waals surface area (Å²) in [7, 11) is -3.54. The van der Waals surface area contributed by atoms with Crippen molar-refractivity contribution in [3.63, 3.8) is 0 Å². The molecule has 2 atom stereocenters. The lowest BCUT2D eigenvalue weighted by atomic mass is 9.97. The van der Waals surface area contributed by atoms with Gasteiger partial charge in [0.2, 0.25) is 10.0 Å². The standard InChI is InChI=1S/C23H26N4O4S2/c1-14(2)31-21-9-6-15(12-16(21)13-24)22-25-26-23(32-22)19-5-3-4-18-17(19)7-8-20(18)27-33(29,30)11-10-28/h3-6,12,14,20-21,27-28H,7-11H2,1-2H3/t20-,21?/m0/s1. The number of sulfonamides is 1. The van der Waals surface area contributed by atoms with Crippen LogP contribution in [0.25, 0.3) is 16.1 Å². The lowest BCUT2D eigenvalue weighted by molar-refractivity contribution is 0.0327. The molecule has 1 unspecified atom stereocenters. The number of aliphatic hydroxyl groups excluding tert-OH is 1. The van der Waals surface area contributed by atoms with Gasteiger partial charge >= 0.3 is 0 Å². The van der Waals surface area contributed by atoms with Crippen molar-refractivity contribution in [3.8, 4) is 16.6 Å². The van der Waals surface area contributed by atoms with Gasteiger partial charge in [0.05, 0.1) is 36.2 Å². The molecule has 1 heterocycles. The highest BCUT2D eigenvalue weighted by Gasteiger charge is 2.29. The van der Waals surface area contributed by atoms with Crippen LogP contribution in [0.2, 0.25) is 0 Å². The van der Waals surface area contributed by atoms with Gasteiger partial charge in [0.15, 0.2) is 0 Å². The Hall–Kier alpha value is -2.42. The van der Waals surface area contributed by atoms with E-state index in [-0.39, 0.29) is 24.0 Å². The van der Waals surface area contributed by atoms with Crippen molar-refractivity contribution in [2.24, 2.45) is 0 Å². The molecule has 2 aliphatic rings. The normalized spacial score (nSPS) is 20.3. The zero-order valence-corrected chi connectivity index (χ0v) is 20.1. The van der Waals surface area contributed by atoms with Gasteiger partial charge in [-0.15, -0.1) is 10.2 Å². The molecule has 4 rings (SSSR count). The molecule has 2 aliphatic carbocycles. The number of nitriles is 1. The predicted octanol–water partition coefficient (Wildman–Crippen LogP) is 3.13. The monoisotopic (exact) mass is 486 g/mol. The van der Waals surface area contributed by atoms with Crippen molar-refractivity contribution in [1.82, 2.24) is 14.9 Å². The maximum absolute atomic E-state index is 12.1. The average molecular weight is 487 g/mol. The molecule has 1 aromatic carbocycles. The Morgan fingerprint density at radius 3 is 2.85 bits per heavy atom. The van der Waals surface area contributed by atoms with E-state index in [1.165, 1.54) is 11.3 Å². The minimum absolute atomic E-state index is 0.0342. The van der Waals surface area contributed by atoms with Gasteiger partial charge < -0.3 is 9.84 Å². The third-order valence-electron chi connectivity index (χ3n) is 5.63. The summed E-state index contributed by atoms with van der Waals surface area (Å²) in [6, 6.07) is 7.74. The van der Waals surface area contributed by atoms with E-state index in [4.69, 9.17) is 9.84 Å². The molecule has 0 saturated carbocycles. The van der Waals surface area contributed by atoms with E-state index >= 15 is 0 Å². The van der Waals surface area contributed by atoms with Crippen LogP contribution in [-0.2, 0) is 21.2 Å². The summed E-state index contributed by atoms with van der Waals surface area (Å²) in [5.74, 6) is -0.311. The van der Waals surface area contributed by atoms with E-state index in [2.05, 4.69) is 21.0 Å². The molecule has 0 fully saturated rings. The second kappa shape index (κ2) is 9.83. The molecule has 0 saturated heterocycles. The number of rotatable bonds is 8. The Labute approximate surface area is 197 Å². The molecular weight excluding hydrogens is 460 g/mol. The van der Waals surface area contributed by atoms with Crippen molar-refractivity contribution in [2.45, 2.75) is 51.4 Å². The molecule has 2 N–H and O–H groups in total. The Balaban J connectivity index is 1.58. The summed E-state index contributed by atoms with van der Waals surface area (Å²) in [6.45, 7) is 3.49.